The van der Waals surface area contributed by atoms with Gasteiger partial charge in [0.15, 0.2) is 5.75 Å². The molecular formula is C18H12N2O3. The van der Waals surface area contributed by atoms with Crippen LogP contribution in [0.2, 0.25) is 0 Å². The number of carboxylic acids is 1. The molecule has 0 saturated heterocycles. The van der Waals surface area contributed by atoms with Gasteiger partial charge in [0, 0.05) is 11.1 Å². The van der Waals surface area contributed by atoms with Crippen LogP contribution in [0.3, 0.4) is 0 Å². The van der Waals surface area contributed by atoms with Crippen molar-refractivity contribution in [3.8, 4) is 11.8 Å². The average molecular weight is 304 g/mol. The quantitative estimate of drug-likeness (QED) is 0.639. The molecule has 5 heteroatoms. The van der Waals surface area contributed by atoms with Crippen molar-refractivity contribution in [3.63, 3.8) is 0 Å². The number of anilines is 2. The number of aromatic carboxylic acids is 1. The number of hydrogen-bond acceptors (Lipinski definition) is 4. The fraction of sp³-hybridized carbons (Fsp3) is 0. The summed E-state index contributed by atoms with van der Waals surface area (Å²) >= 11 is 0. The molecule has 0 aliphatic rings. The second kappa shape index (κ2) is 5.70. The molecule has 3 rings (SSSR count). The van der Waals surface area contributed by atoms with E-state index in [9.17, 15) is 15.0 Å². The summed E-state index contributed by atoms with van der Waals surface area (Å²) in [6, 6.07) is 17.3. The molecule has 0 bridgehead atoms. The van der Waals surface area contributed by atoms with Gasteiger partial charge < -0.3 is 15.5 Å². The van der Waals surface area contributed by atoms with Crippen LogP contribution in [0.15, 0.2) is 54.6 Å². The van der Waals surface area contributed by atoms with E-state index in [0.29, 0.717) is 27.7 Å². The molecule has 0 spiro atoms. The lowest BCUT2D eigenvalue weighted by molar-refractivity contribution is 0.0694. The molecule has 0 radical (unpaired) electrons. The molecule has 3 aromatic carbocycles. The largest absolute Gasteiger partial charge is 0.505 e. The summed E-state index contributed by atoms with van der Waals surface area (Å²) in [6.07, 6.45) is 0. The summed E-state index contributed by atoms with van der Waals surface area (Å²) < 4.78 is 0. The molecule has 0 unspecified atom stereocenters. The molecule has 23 heavy (non-hydrogen) atoms. The normalized spacial score (nSPS) is 10.2. The van der Waals surface area contributed by atoms with Gasteiger partial charge in [0.25, 0.3) is 0 Å². The minimum Gasteiger partial charge on any atom is -0.505 e. The molecule has 0 aromatic heterocycles. The third-order valence-corrected chi connectivity index (χ3v) is 3.54. The lowest BCUT2D eigenvalue weighted by Gasteiger charge is -2.14. The Hall–Kier alpha value is -3.52. The molecule has 5 nitrogen and oxygen atoms in total. The lowest BCUT2D eigenvalue weighted by Crippen LogP contribution is -2.01. The van der Waals surface area contributed by atoms with Crippen LogP contribution in [0.4, 0.5) is 11.4 Å². The molecule has 3 aromatic rings. The summed E-state index contributed by atoms with van der Waals surface area (Å²) in [5.41, 5.74) is 1.32. The second-order valence-corrected chi connectivity index (χ2v) is 4.99. The van der Waals surface area contributed by atoms with Crippen molar-refractivity contribution in [2.75, 3.05) is 5.32 Å². The van der Waals surface area contributed by atoms with Gasteiger partial charge in [0.05, 0.1) is 17.3 Å². The molecule has 0 aliphatic carbocycles. The molecule has 112 valence electrons. The average Bonchev–Trinajstić information content (AvgIpc) is 2.57. The van der Waals surface area contributed by atoms with E-state index in [4.69, 9.17) is 5.26 Å². The maximum absolute atomic E-state index is 11.3. The second-order valence-electron chi connectivity index (χ2n) is 4.99. The molecule has 0 amide bonds. The van der Waals surface area contributed by atoms with Crippen LogP contribution < -0.4 is 5.32 Å². The maximum Gasteiger partial charge on any atom is 0.339 e. The van der Waals surface area contributed by atoms with Gasteiger partial charge in [-0.15, -0.1) is 0 Å². The smallest absolute Gasteiger partial charge is 0.339 e. The third-order valence-electron chi connectivity index (χ3n) is 3.54. The highest BCUT2D eigenvalue weighted by Gasteiger charge is 2.17. The molecule has 0 heterocycles. The van der Waals surface area contributed by atoms with E-state index in [-0.39, 0.29) is 11.3 Å². The van der Waals surface area contributed by atoms with Crippen molar-refractivity contribution in [2.24, 2.45) is 0 Å². The Morgan fingerprint density at radius 1 is 1.09 bits per heavy atom. The number of benzene rings is 3. The first-order chi connectivity index (χ1) is 11.1. The monoisotopic (exact) mass is 304 g/mol. The highest BCUT2D eigenvalue weighted by Crippen LogP contribution is 2.38. The lowest BCUT2D eigenvalue weighted by atomic mass is 10.0. The van der Waals surface area contributed by atoms with Gasteiger partial charge in [-0.2, -0.15) is 5.26 Å². The van der Waals surface area contributed by atoms with Gasteiger partial charge in [-0.1, -0.05) is 24.3 Å². The molecule has 3 N–H and O–H groups in total. The van der Waals surface area contributed by atoms with Crippen molar-refractivity contribution in [1.82, 2.24) is 0 Å². The van der Waals surface area contributed by atoms with Gasteiger partial charge in [-0.25, -0.2) is 4.79 Å². The van der Waals surface area contributed by atoms with E-state index in [0.717, 1.165) is 0 Å². The number of rotatable bonds is 3. The van der Waals surface area contributed by atoms with Crippen LogP contribution in [0.5, 0.6) is 5.75 Å². The Morgan fingerprint density at radius 2 is 1.78 bits per heavy atom. The first-order valence-corrected chi connectivity index (χ1v) is 6.85. The van der Waals surface area contributed by atoms with Gasteiger partial charge in [-0.05, 0) is 35.7 Å². The molecule has 0 saturated carbocycles. The molecular weight excluding hydrogens is 292 g/mol. The number of aromatic hydroxyl groups is 1. The van der Waals surface area contributed by atoms with Gasteiger partial charge >= 0.3 is 5.97 Å². The van der Waals surface area contributed by atoms with Crippen LogP contribution in [0.25, 0.3) is 10.8 Å². The number of fused-ring (bicyclic) bond motifs is 1. The fourth-order valence-corrected chi connectivity index (χ4v) is 2.40. The summed E-state index contributed by atoms with van der Waals surface area (Å²) in [5.74, 6) is -1.52. The Labute approximate surface area is 132 Å². The maximum atomic E-state index is 11.3. The number of hydrogen-bond donors (Lipinski definition) is 3. The highest BCUT2D eigenvalue weighted by molar-refractivity contribution is 6.06. The van der Waals surface area contributed by atoms with Crippen LogP contribution in [-0.4, -0.2) is 16.2 Å². The van der Waals surface area contributed by atoms with Crippen molar-refractivity contribution < 1.29 is 15.0 Å². The van der Waals surface area contributed by atoms with Crippen molar-refractivity contribution in [1.29, 1.82) is 5.26 Å². The zero-order valence-corrected chi connectivity index (χ0v) is 11.9. The van der Waals surface area contributed by atoms with E-state index >= 15 is 0 Å². The Kier molecular flexibility index (Phi) is 3.57. The number of carbonyl (C=O) groups is 1. The predicted octanol–water partition coefficient (Wildman–Crippen LogP) is 3.86. The van der Waals surface area contributed by atoms with E-state index in [1.54, 1.807) is 42.5 Å². The third kappa shape index (κ3) is 2.65. The van der Waals surface area contributed by atoms with E-state index in [2.05, 4.69) is 5.32 Å². The molecule has 0 aliphatic heterocycles. The van der Waals surface area contributed by atoms with E-state index < -0.39 is 5.97 Å². The highest BCUT2D eigenvalue weighted by atomic mass is 16.4. The Bertz CT molecular complexity index is 941. The van der Waals surface area contributed by atoms with Crippen LogP contribution >= 0.6 is 0 Å². The Morgan fingerprint density at radius 3 is 2.43 bits per heavy atom. The minimum absolute atomic E-state index is 0.167. The number of carboxylic acid groups (broad SMARTS) is 1. The first kappa shape index (κ1) is 14.4. The van der Waals surface area contributed by atoms with Crippen LogP contribution in [0.1, 0.15) is 15.9 Å². The zero-order chi connectivity index (χ0) is 16.4. The van der Waals surface area contributed by atoms with Crippen molar-refractivity contribution in [2.45, 2.75) is 0 Å². The summed E-state index contributed by atoms with van der Waals surface area (Å²) in [6.45, 7) is 0. The van der Waals surface area contributed by atoms with Gasteiger partial charge in [0.1, 0.15) is 5.56 Å². The summed E-state index contributed by atoms with van der Waals surface area (Å²) in [4.78, 5) is 11.3. The van der Waals surface area contributed by atoms with Crippen molar-refractivity contribution in [3.05, 3.63) is 65.7 Å². The number of phenols is 1. The Balaban J connectivity index is 2.16. The van der Waals surface area contributed by atoms with Gasteiger partial charge in [0.2, 0.25) is 0 Å². The van der Waals surface area contributed by atoms with Crippen molar-refractivity contribution >= 4 is 28.1 Å². The first-order valence-electron chi connectivity index (χ1n) is 6.85. The predicted molar refractivity (Wildman–Crippen MR) is 87.0 cm³/mol. The topological polar surface area (TPSA) is 93.4 Å². The summed E-state index contributed by atoms with van der Waals surface area (Å²) in [7, 11) is 0. The van der Waals surface area contributed by atoms with Crippen LogP contribution in [0, 0.1) is 11.3 Å². The number of nitriles is 1. The molecule has 0 fully saturated rings. The van der Waals surface area contributed by atoms with Gasteiger partial charge in [-0.3, -0.25) is 0 Å². The fourth-order valence-electron chi connectivity index (χ4n) is 2.40. The summed E-state index contributed by atoms with van der Waals surface area (Å²) in [5, 5.41) is 32.9. The van der Waals surface area contributed by atoms with Crippen LogP contribution in [-0.2, 0) is 0 Å². The number of nitrogens with zero attached hydrogens (tertiary/aromatic N) is 1. The number of nitrogens with one attached hydrogen (secondary N) is 1. The van der Waals surface area contributed by atoms with E-state index in [1.165, 1.54) is 6.07 Å². The zero-order valence-electron chi connectivity index (χ0n) is 11.9. The molecule has 0 atom stereocenters. The standard InChI is InChI=1S/C18H12N2O3/c19-10-11-5-7-13(8-6-11)20-16-14-4-2-1-3-12(14)9-15(17(16)21)18(22)23/h1-9,20-21H,(H,22,23). The minimum atomic E-state index is -1.20. The SMILES string of the molecule is N#Cc1ccc(Nc2c(O)c(C(=O)O)cc3ccccc23)cc1. The van der Waals surface area contributed by atoms with E-state index in [1.807, 2.05) is 12.1 Å².